The second kappa shape index (κ2) is 3.70. The van der Waals surface area contributed by atoms with Gasteiger partial charge in [-0.05, 0) is 28.1 Å². The molecule has 0 heterocycles. The number of nitro benzene ring substituents is 1. The predicted octanol–water partition coefficient (Wildman–Crippen LogP) is 2.19. The quantitative estimate of drug-likeness (QED) is 0.655. The average molecular weight is 264 g/mol. The molecule has 1 aromatic rings. The minimum atomic E-state index is -1.54. The minimum Gasteiger partial charge on any atom is -0.478 e. The molecule has 1 rings (SSSR count). The van der Waals surface area contributed by atoms with E-state index in [9.17, 15) is 19.3 Å². The standard InChI is InChI=1S/C7H3BrFNO4/c8-4-2-1-3(7(11)12)5(9)6(4)10(13)14/h1-2H,(H,11,12). The summed E-state index contributed by atoms with van der Waals surface area (Å²) in [6, 6.07) is 2.07. The van der Waals surface area contributed by atoms with Crippen molar-refractivity contribution in [3.63, 3.8) is 0 Å². The molecule has 1 N–H and O–H groups in total. The SMILES string of the molecule is O=C(O)c1ccc(Br)c([N+](=O)[O-])c1F. The van der Waals surface area contributed by atoms with E-state index < -0.39 is 28.0 Å². The first-order chi connectivity index (χ1) is 6.45. The van der Waals surface area contributed by atoms with Crippen LogP contribution in [-0.2, 0) is 0 Å². The van der Waals surface area contributed by atoms with Crippen LogP contribution in [0, 0.1) is 15.9 Å². The van der Waals surface area contributed by atoms with E-state index in [1.165, 1.54) is 0 Å². The molecule has 0 aliphatic heterocycles. The molecular weight excluding hydrogens is 261 g/mol. The third-order valence-electron chi connectivity index (χ3n) is 1.48. The summed E-state index contributed by atoms with van der Waals surface area (Å²) in [6.45, 7) is 0. The number of hydrogen-bond donors (Lipinski definition) is 1. The molecule has 0 fully saturated rings. The van der Waals surface area contributed by atoms with E-state index in [1.807, 2.05) is 0 Å². The number of nitrogens with zero attached hydrogens (tertiary/aromatic N) is 1. The molecule has 5 nitrogen and oxygen atoms in total. The van der Waals surface area contributed by atoms with Gasteiger partial charge < -0.3 is 5.11 Å². The maximum Gasteiger partial charge on any atom is 0.338 e. The molecule has 1 aromatic carbocycles. The van der Waals surface area contributed by atoms with Gasteiger partial charge in [-0.25, -0.2) is 4.79 Å². The maximum atomic E-state index is 13.2. The van der Waals surface area contributed by atoms with Gasteiger partial charge in [0, 0.05) is 0 Å². The van der Waals surface area contributed by atoms with E-state index in [1.54, 1.807) is 0 Å². The summed E-state index contributed by atoms with van der Waals surface area (Å²) in [5, 5.41) is 18.8. The minimum absolute atomic E-state index is 0.0926. The Bertz CT molecular complexity index is 420. The van der Waals surface area contributed by atoms with Crippen molar-refractivity contribution in [1.29, 1.82) is 0 Å². The number of rotatable bonds is 2. The summed E-state index contributed by atoms with van der Waals surface area (Å²) in [5.41, 5.74) is -1.59. The highest BCUT2D eigenvalue weighted by Gasteiger charge is 2.24. The van der Waals surface area contributed by atoms with Crippen LogP contribution in [0.3, 0.4) is 0 Å². The number of hydrogen-bond acceptors (Lipinski definition) is 3. The van der Waals surface area contributed by atoms with Crippen LogP contribution in [0.5, 0.6) is 0 Å². The Kier molecular flexibility index (Phi) is 2.80. The first kappa shape index (κ1) is 10.6. The zero-order valence-corrected chi connectivity index (χ0v) is 8.12. The summed E-state index contributed by atoms with van der Waals surface area (Å²) in [7, 11) is 0. The molecule has 74 valence electrons. The molecule has 0 amide bonds. The van der Waals surface area contributed by atoms with Crippen molar-refractivity contribution in [2.75, 3.05) is 0 Å². The predicted molar refractivity (Wildman–Crippen MR) is 47.7 cm³/mol. The lowest BCUT2D eigenvalue weighted by atomic mass is 10.2. The lowest BCUT2D eigenvalue weighted by Gasteiger charge is -1.99. The monoisotopic (exact) mass is 263 g/mol. The molecule has 0 aliphatic rings. The van der Waals surface area contributed by atoms with Crippen LogP contribution in [-0.4, -0.2) is 16.0 Å². The van der Waals surface area contributed by atoms with Gasteiger partial charge in [-0.2, -0.15) is 4.39 Å². The Hall–Kier alpha value is -1.50. The number of aromatic carboxylic acids is 1. The third-order valence-corrected chi connectivity index (χ3v) is 2.12. The van der Waals surface area contributed by atoms with E-state index in [4.69, 9.17) is 5.11 Å². The second-order valence-electron chi connectivity index (χ2n) is 2.32. The van der Waals surface area contributed by atoms with Crippen molar-refractivity contribution in [2.24, 2.45) is 0 Å². The van der Waals surface area contributed by atoms with E-state index in [-0.39, 0.29) is 4.47 Å². The summed E-state index contributed by atoms with van der Waals surface area (Å²) >= 11 is 2.76. The molecule has 0 aromatic heterocycles. The highest BCUT2D eigenvalue weighted by atomic mass is 79.9. The molecule has 0 unspecified atom stereocenters. The Morgan fingerprint density at radius 3 is 2.57 bits per heavy atom. The zero-order valence-electron chi connectivity index (χ0n) is 6.53. The summed E-state index contributed by atoms with van der Waals surface area (Å²) in [4.78, 5) is 19.8. The maximum absolute atomic E-state index is 13.2. The fraction of sp³-hybridized carbons (Fsp3) is 0. The van der Waals surface area contributed by atoms with Crippen LogP contribution in [0.25, 0.3) is 0 Å². The van der Waals surface area contributed by atoms with Crippen molar-refractivity contribution in [3.05, 3.63) is 38.1 Å². The highest BCUT2D eigenvalue weighted by molar-refractivity contribution is 9.10. The number of carboxylic acid groups (broad SMARTS) is 1. The topological polar surface area (TPSA) is 80.4 Å². The Morgan fingerprint density at radius 2 is 2.14 bits per heavy atom. The van der Waals surface area contributed by atoms with Crippen LogP contribution >= 0.6 is 15.9 Å². The van der Waals surface area contributed by atoms with Gasteiger partial charge in [0.2, 0.25) is 5.82 Å². The van der Waals surface area contributed by atoms with Crippen LogP contribution in [0.1, 0.15) is 10.4 Å². The van der Waals surface area contributed by atoms with Crippen molar-refractivity contribution >= 4 is 27.6 Å². The molecule has 0 atom stereocenters. The number of carbonyl (C=O) groups is 1. The molecule has 14 heavy (non-hydrogen) atoms. The van der Waals surface area contributed by atoms with Crippen LogP contribution < -0.4 is 0 Å². The highest BCUT2D eigenvalue weighted by Crippen LogP contribution is 2.29. The zero-order chi connectivity index (χ0) is 10.9. The van der Waals surface area contributed by atoms with E-state index in [0.29, 0.717) is 0 Å². The fourth-order valence-electron chi connectivity index (χ4n) is 0.874. The van der Waals surface area contributed by atoms with Crippen molar-refractivity contribution < 1.29 is 19.2 Å². The summed E-state index contributed by atoms with van der Waals surface area (Å²) < 4.78 is 13.1. The van der Waals surface area contributed by atoms with Gasteiger partial charge in [-0.1, -0.05) is 0 Å². The molecule has 0 saturated heterocycles. The van der Waals surface area contributed by atoms with E-state index in [2.05, 4.69) is 15.9 Å². The Morgan fingerprint density at radius 1 is 1.57 bits per heavy atom. The first-order valence-electron chi connectivity index (χ1n) is 3.31. The number of carboxylic acids is 1. The van der Waals surface area contributed by atoms with Crippen molar-refractivity contribution in [2.45, 2.75) is 0 Å². The Labute approximate surface area is 85.4 Å². The van der Waals surface area contributed by atoms with Crippen molar-refractivity contribution in [1.82, 2.24) is 0 Å². The Balaban J connectivity index is 3.49. The molecule has 0 bridgehead atoms. The summed E-state index contributed by atoms with van der Waals surface area (Å²) in [6.07, 6.45) is 0. The summed E-state index contributed by atoms with van der Waals surface area (Å²) in [5.74, 6) is -2.89. The van der Waals surface area contributed by atoms with Gasteiger partial charge in [0.05, 0.1) is 9.40 Å². The smallest absolute Gasteiger partial charge is 0.338 e. The van der Waals surface area contributed by atoms with Gasteiger partial charge in [0.1, 0.15) is 5.56 Å². The van der Waals surface area contributed by atoms with Crippen molar-refractivity contribution in [3.8, 4) is 0 Å². The first-order valence-corrected chi connectivity index (χ1v) is 4.10. The van der Waals surface area contributed by atoms with Crippen LogP contribution in [0.15, 0.2) is 16.6 Å². The lowest BCUT2D eigenvalue weighted by Crippen LogP contribution is -2.04. The van der Waals surface area contributed by atoms with Crippen LogP contribution in [0.4, 0.5) is 10.1 Å². The van der Waals surface area contributed by atoms with E-state index >= 15 is 0 Å². The van der Waals surface area contributed by atoms with Crippen LogP contribution in [0.2, 0.25) is 0 Å². The average Bonchev–Trinajstić information content (AvgIpc) is 2.02. The molecule has 0 radical (unpaired) electrons. The molecule has 0 aliphatic carbocycles. The molecule has 0 spiro atoms. The second-order valence-corrected chi connectivity index (χ2v) is 3.17. The van der Waals surface area contributed by atoms with Gasteiger partial charge in [0.15, 0.2) is 0 Å². The van der Waals surface area contributed by atoms with Gasteiger partial charge in [0.25, 0.3) is 0 Å². The number of benzene rings is 1. The third kappa shape index (κ3) is 1.72. The van der Waals surface area contributed by atoms with Gasteiger partial charge in [-0.3, -0.25) is 10.1 Å². The van der Waals surface area contributed by atoms with E-state index in [0.717, 1.165) is 12.1 Å². The molecular formula is C7H3BrFNO4. The largest absolute Gasteiger partial charge is 0.478 e. The van der Waals surface area contributed by atoms with Gasteiger partial charge >= 0.3 is 11.7 Å². The fourth-order valence-corrected chi connectivity index (χ4v) is 1.32. The normalized spacial score (nSPS) is 9.86. The molecule has 7 heteroatoms. The lowest BCUT2D eigenvalue weighted by molar-refractivity contribution is -0.388. The number of nitro groups is 1. The number of halogens is 2. The van der Waals surface area contributed by atoms with Gasteiger partial charge in [-0.15, -0.1) is 0 Å². The molecule has 0 saturated carbocycles.